The number of rotatable bonds is 3. The van der Waals surface area contributed by atoms with Crippen LogP contribution < -0.4 is 15.4 Å². The van der Waals surface area contributed by atoms with Crippen LogP contribution in [0.4, 0.5) is 5.82 Å². The Balaban J connectivity index is 1.89. The minimum atomic E-state index is 0.484. The lowest BCUT2D eigenvalue weighted by Crippen LogP contribution is -2.37. The minimum Gasteiger partial charge on any atom is -0.493 e. The summed E-state index contributed by atoms with van der Waals surface area (Å²) in [5, 5.41) is 7.13. The molecule has 0 aromatic carbocycles. The van der Waals surface area contributed by atoms with Crippen LogP contribution in [0.1, 0.15) is 38.5 Å². The molecule has 0 saturated heterocycles. The molecule has 2 N–H and O–H groups in total. The van der Waals surface area contributed by atoms with Gasteiger partial charge in [0.05, 0.1) is 7.11 Å². The molecule has 1 aromatic heterocycles. The Morgan fingerprint density at radius 1 is 1.32 bits per heavy atom. The topological polar surface area (TPSA) is 46.2 Å². The Labute approximate surface area is 120 Å². The molecule has 1 heterocycles. The summed E-state index contributed by atoms with van der Waals surface area (Å²) in [6.45, 7) is 0. The van der Waals surface area contributed by atoms with Crippen LogP contribution in [-0.2, 0) is 0 Å². The molecule has 1 aliphatic rings. The number of ether oxygens (including phenoxy) is 1. The van der Waals surface area contributed by atoms with E-state index in [0.29, 0.717) is 22.7 Å². The van der Waals surface area contributed by atoms with E-state index in [1.165, 1.54) is 38.5 Å². The summed E-state index contributed by atoms with van der Waals surface area (Å²) in [6.07, 6.45) is 9.36. The van der Waals surface area contributed by atoms with Crippen molar-refractivity contribution in [2.24, 2.45) is 0 Å². The Bertz CT molecular complexity index is 417. The smallest absolute Gasteiger partial charge is 0.174 e. The molecule has 19 heavy (non-hydrogen) atoms. The molecule has 0 radical (unpaired) electrons. The highest BCUT2D eigenvalue weighted by Crippen LogP contribution is 2.20. The highest BCUT2D eigenvalue weighted by atomic mass is 32.1. The van der Waals surface area contributed by atoms with Gasteiger partial charge in [0.2, 0.25) is 0 Å². The number of methoxy groups -OCH3 is 1. The standard InChI is InChI=1S/C14H21N3OS/c1-18-12-9-6-10-15-13(12)17-14(19)16-11-7-4-2-3-5-8-11/h6,9-11H,2-5,7-8H2,1H3,(H2,15,16,17,19). The normalized spacial score (nSPS) is 16.5. The highest BCUT2D eigenvalue weighted by molar-refractivity contribution is 7.80. The third kappa shape index (κ3) is 4.35. The molecule has 1 aromatic rings. The number of thiocarbonyl (C=S) groups is 1. The monoisotopic (exact) mass is 279 g/mol. The van der Waals surface area contributed by atoms with Gasteiger partial charge < -0.3 is 15.4 Å². The van der Waals surface area contributed by atoms with E-state index in [4.69, 9.17) is 17.0 Å². The molecule has 1 aliphatic carbocycles. The summed E-state index contributed by atoms with van der Waals surface area (Å²) in [5.41, 5.74) is 0. The molecule has 104 valence electrons. The number of pyridine rings is 1. The lowest BCUT2D eigenvalue weighted by atomic mass is 10.1. The number of anilines is 1. The lowest BCUT2D eigenvalue weighted by molar-refractivity contribution is 0.415. The second-order valence-corrected chi connectivity index (χ2v) is 5.25. The molecule has 0 bridgehead atoms. The van der Waals surface area contributed by atoms with Crippen molar-refractivity contribution in [2.75, 3.05) is 12.4 Å². The van der Waals surface area contributed by atoms with Crippen molar-refractivity contribution in [1.82, 2.24) is 10.3 Å². The van der Waals surface area contributed by atoms with Crippen molar-refractivity contribution < 1.29 is 4.74 Å². The Hall–Kier alpha value is -1.36. The predicted octanol–water partition coefficient (Wildman–Crippen LogP) is 3.10. The van der Waals surface area contributed by atoms with E-state index in [1.54, 1.807) is 13.3 Å². The first kappa shape index (κ1) is 14.1. The van der Waals surface area contributed by atoms with E-state index >= 15 is 0 Å². The van der Waals surface area contributed by atoms with Crippen LogP contribution >= 0.6 is 12.2 Å². The molecule has 1 saturated carbocycles. The zero-order valence-electron chi connectivity index (χ0n) is 11.3. The van der Waals surface area contributed by atoms with Crippen molar-refractivity contribution >= 4 is 23.1 Å². The van der Waals surface area contributed by atoms with Crippen LogP contribution in [-0.4, -0.2) is 23.2 Å². The highest BCUT2D eigenvalue weighted by Gasteiger charge is 2.13. The third-order valence-corrected chi connectivity index (χ3v) is 3.63. The molecule has 0 spiro atoms. The van der Waals surface area contributed by atoms with Gasteiger partial charge in [-0.25, -0.2) is 4.98 Å². The maximum absolute atomic E-state index is 5.35. The average Bonchev–Trinajstić information content (AvgIpc) is 2.68. The third-order valence-electron chi connectivity index (χ3n) is 3.41. The second kappa shape index (κ2) is 7.28. The Kier molecular flexibility index (Phi) is 5.39. The summed E-state index contributed by atoms with van der Waals surface area (Å²) >= 11 is 5.35. The van der Waals surface area contributed by atoms with Crippen molar-refractivity contribution in [1.29, 1.82) is 0 Å². The van der Waals surface area contributed by atoms with Gasteiger partial charge >= 0.3 is 0 Å². The maximum atomic E-state index is 5.35. The van der Waals surface area contributed by atoms with Crippen molar-refractivity contribution in [3.05, 3.63) is 18.3 Å². The van der Waals surface area contributed by atoms with Crippen LogP contribution in [0.25, 0.3) is 0 Å². The Morgan fingerprint density at radius 2 is 2.05 bits per heavy atom. The first-order chi connectivity index (χ1) is 9.29. The SMILES string of the molecule is COc1cccnc1NC(=S)NC1CCCCCC1. The van der Waals surface area contributed by atoms with Crippen molar-refractivity contribution in [2.45, 2.75) is 44.6 Å². The molecule has 5 heteroatoms. The zero-order chi connectivity index (χ0) is 13.5. The largest absolute Gasteiger partial charge is 0.493 e. The predicted molar refractivity (Wildman–Crippen MR) is 81.6 cm³/mol. The van der Waals surface area contributed by atoms with Crippen molar-refractivity contribution in [3.8, 4) is 5.75 Å². The fraction of sp³-hybridized carbons (Fsp3) is 0.571. The van der Waals surface area contributed by atoms with Crippen LogP contribution in [0, 0.1) is 0 Å². The number of aromatic nitrogens is 1. The molecule has 0 atom stereocenters. The van der Waals surface area contributed by atoms with Crippen LogP contribution in [0.3, 0.4) is 0 Å². The molecule has 0 unspecified atom stereocenters. The summed E-state index contributed by atoms with van der Waals surface area (Å²) in [6, 6.07) is 4.19. The van der Waals surface area contributed by atoms with E-state index in [1.807, 2.05) is 12.1 Å². The van der Waals surface area contributed by atoms with Gasteiger partial charge in [0, 0.05) is 12.2 Å². The number of nitrogens with zero attached hydrogens (tertiary/aromatic N) is 1. The fourth-order valence-electron chi connectivity index (χ4n) is 2.40. The van der Waals surface area contributed by atoms with Crippen LogP contribution in [0.5, 0.6) is 5.75 Å². The van der Waals surface area contributed by atoms with E-state index in [-0.39, 0.29) is 0 Å². The van der Waals surface area contributed by atoms with Gasteiger partial charge in [0.25, 0.3) is 0 Å². The fourth-order valence-corrected chi connectivity index (χ4v) is 2.67. The van der Waals surface area contributed by atoms with Crippen LogP contribution in [0.2, 0.25) is 0 Å². The number of nitrogens with one attached hydrogen (secondary N) is 2. The van der Waals surface area contributed by atoms with Gasteiger partial charge in [0.1, 0.15) is 0 Å². The molecular weight excluding hydrogens is 258 g/mol. The summed E-state index contributed by atoms with van der Waals surface area (Å²) in [5.74, 6) is 1.36. The van der Waals surface area contributed by atoms with Crippen molar-refractivity contribution in [3.63, 3.8) is 0 Å². The lowest BCUT2D eigenvalue weighted by Gasteiger charge is -2.19. The maximum Gasteiger partial charge on any atom is 0.174 e. The van der Waals surface area contributed by atoms with E-state index < -0.39 is 0 Å². The molecular formula is C14H21N3OS. The molecule has 2 rings (SSSR count). The number of hydrogen-bond donors (Lipinski definition) is 2. The molecule has 4 nitrogen and oxygen atoms in total. The quantitative estimate of drug-likeness (QED) is 0.657. The zero-order valence-corrected chi connectivity index (χ0v) is 12.1. The average molecular weight is 279 g/mol. The summed E-state index contributed by atoms with van der Waals surface area (Å²) < 4.78 is 5.24. The first-order valence-electron chi connectivity index (χ1n) is 6.86. The van der Waals surface area contributed by atoms with Gasteiger partial charge in [-0.05, 0) is 37.2 Å². The molecule has 0 aliphatic heterocycles. The van der Waals surface area contributed by atoms with E-state index in [9.17, 15) is 0 Å². The van der Waals surface area contributed by atoms with Gasteiger partial charge in [-0.2, -0.15) is 0 Å². The second-order valence-electron chi connectivity index (χ2n) is 4.84. The first-order valence-corrected chi connectivity index (χ1v) is 7.27. The summed E-state index contributed by atoms with van der Waals surface area (Å²) in [4.78, 5) is 4.24. The number of hydrogen-bond acceptors (Lipinski definition) is 3. The van der Waals surface area contributed by atoms with E-state index in [2.05, 4.69) is 15.6 Å². The van der Waals surface area contributed by atoms with Gasteiger partial charge in [0.15, 0.2) is 16.7 Å². The van der Waals surface area contributed by atoms with Crippen LogP contribution in [0.15, 0.2) is 18.3 Å². The van der Waals surface area contributed by atoms with Gasteiger partial charge in [-0.1, -0.05) is 25.7 Å². The van der Waals surface area contributed by atoms with E-state index in [0.717, 1.165) is 0 Å². The van der Waals surface area contributed by atoms with Gasteiger partial charge in [-0.3, -0.25) is 0 Å². The summed E-state index contributed by atoms with van der Waals surface area (Å²) in [7, 11) is 1.63. The molecule has 0 amide bonds. The minimum absolute atomic E-state index is 0.484. The molecule has 1 fully saturated rings. The van der Waals surface area contributed by atoms with Gasteiger partial charge in [-0.15, -0.1) is 0 Å². The Morgan fingerprint density at radius 3 is 2.74 bits per heavy atom.